The Hall–Kier alpha value is -2.30. The zero-order chi connectivity index (χ0) is 24.3. The van der Waals surface area contributed by atoms with E-state index in [4.69, 9.17) is 0 Å². The van der Waals surface area contributed by atoms with Gasteiger partial charge in [0.25, 0.3) is 0 Å². The summed E-state index contributed by atoms with van der Waals surface area (Å²) in [5.41, 5.74) is 1.71. The molecule has 184 valence electrons. The van der Waals surface area contributed by atoms with Crippen LogP contribution in [0.1, 0.15) is 49.7 Å². The number of aromatic nitrogens is 1. The quantitative estimate of drug-likeness (QED) is 0.621. The van der Waals surface area contributed by atoms with Gasteiger partial charge in [-0.3, -0.25) is 9.59 Å². The Kier molecular flexibility index (Phi) is 7.69. The molecule has 1 aromatic carbocycles. The van der Waals surface area contributed by atoms with Crippen LogP contribution in [0.3, 0.4) is 0 Å². The molecule has 2 aromatic rings. The number of nitrogens with zero attached hydrogens (tertiary/aromatic N) is 3. The van der Waals surface area contributed by atoms with Crippen LogP contribution in [0.2, 0.25) is 0 Å². The standard InChI is InChI=1S/C24H32N4O4S2/c1-17-12-18(2)14-20(13-17)34(31,32)27-9-10-28(22(29)16-27)21(15-19-6-4-3-5-7-19)23(30)26-24-25-8-11-33-24/h8,11-14,19,21H,3-7,9-10,15-16H2,1-2H3,(H,25,26,30)/t21-/m0/s1. The molecule has 0 unspecified atom stereocenters. The number of amides is 2. The van der Waals surface area contributed by atoms with Crippen LogP contribution >= 0.6 is 11.3 Å². The molecule has 1 saturated carbocycles. The van der Waals surface area contributed by atoms with Crippen LogP contribution in [0.15, 0.2) is 34.7 Å². The maximum atomic E-state index is 13.2. The second-order valence-corrected chi connectivity index (χ2v) is 12.2. The number of carbonyl (C=O) groups is 2. The molecule has 2 amide bonds. The SMILES string of the molecule is Cc1cc(C)cc(S(=O)(=O)N2CCN([C@@H](CC3CCCCC3)C(=O)Nc3nccs3)C(=O)C2)c1. The second kappa shape index (κ2) is 10.5. The first kappa shape index (κ1) is 24.8. The van der Waals surface area contributed by atoms with Gasteiger partial charge in [0, 0.05) is 24.7 Å². The molecule has 34 heavy (non-hydrogen) atoms. The minimum atomic E-state index is -3.80. The normalized spacial score (nSPS) is 19.2. The summed E-state index contributed by atoms with van der Waals surface area (Å²) in [5, 5.41) is 5.14. The molecule has 2 fully saturated rings. The molecule has 1 N–H and O–H groups in total. The molecule has 4 rings (SSSR count). The van der Waals surface area contributed by atoms with Crippen LogP contribution in [-0.4, -0.2) is 60.1 Å². The maximum Gasteiger partial charge on any atom is 0.248 e. The van der Waals surface area contributed by atoms with Crippen molar-refractivity contribution in [3.63, 3.8) is 0 Å². The van der Waals surface area contributed by atoms with Crippen molar-refractivity contribution in [2.45, 2.75) is 63.3 Å². The van der Waals surface area contributed by atoms with E-state index in [9.17, 15) is 18.0 Å². The van der Waals surface area contributed by atoms with Crippen molar-refractivity contribution in [1.29, 1.82) is 0 Å². The number of piperazine rings is 1. The van der Waals surface area contributed by atoms with Crippen LogP contribution in [0.4, 0.5) is 5.13 Å². The summed E-state index contributed by atoms with van der Waals surface area (Å²) in [6.45, 7) is 3.79. The average Bonchev–Trinajstić information content (AvgIpc) is 3.30. The molecular formula is C24H32N4O4S2. The van der Waals surface area contributed by atoms with E-state index in [1.54, 1.807) is 28.6 Å². The van der Waals surface area contributed by atoms with Crippen molar-refractivity contribution in [1.82, 2.24) is 14.2 Å². The number of sulfonamides is 1. The Balaban J connectivity index is 1.51. The van der Waals surface area contributed by atoms with E-state index in [0.29, 0.717) is 17.5 Å². The first-order valence-corrected chi connectivity index (χ1v) is 14.1. The molecule has 10 heteroatoms. The van der Waals surface area contributed by atoms with Crippen molar-refractivity contribution in [3.8, 4) is 0 Å². The third-order valence-corrected chi connectivity index (χ3v) is 9.19. The van der Waals surface area contributed by atoms with Gasteiger partial charge in [0.05, 0.1) is 11.4 Å². The summed E-state index contributed by atoms with van der Waals surface area (Å²) in [6.07, 6.45) is 7.81. The number of hydrogen-bond acceptors (Lipinski definition) is 6. The Morgan fingerprint density at radius 1 is 1.15 bits per heavy atom. The third kappa shape index (κ3) is 5.67. The molecule has 0 bridgehead atoms. The first-order valence-electron chi connectivity index (χ1n) is 11.8. The molecule has 0 spiro atoms. The average molecular weight is 505 g/mol. The van der Waals surface area contributed by atoms with Crippen LogP contribution in [0.5, 0.6) is 0 Å². The molecule has 1 atom stereocenters. The monoisotopic (exact) mass is 504 g/mol. The zero-order valence-electron chi connectivity index (χ0n) is 19.7. The van der Waals surface area contributed by atoms with Gasteiger partial charge < -0.3 is 10.2 Å². The number of benzene rings is 1. The summed E-state index contributed by atoms with van der Waals surface area (Å²) in [7, 11) is -3.80. The van der Waals surface area contributed by atoms with E-state index < -0.39 is 16.1 Å². The molecule has 1 saturated heterocycles. The molecular weight excluding hydrogens is 472 g/mol. The van der Waals surface area contributed by atoms with Crippen LogP contribution in [-0.2, 0) is 19.6 Å². The van der Waals surface area contributed by atoms with Gasteiger partial charge in [0.1, 0.15) is 6.04 Å². The predicted octanol–water partition coefficient (Wildman–Crippen LogP) is 3.57. The Morgan fingerprint density at radius 2 is 1.85 bits per heavy atom. The number of nitrogens with one attached hydrogen (secondary N) is 1. The predicted molar refractivity (Wildman–Crippen MR) is 132 cm³/mol. The summed E-state index contributed by atoms with van der Waals surface area (Å²) < 4.78 is 27.7. The maximum absolute atomic E-state index is 13.2. The number of anilines is 1. The summed E-state index contributed by atoms with van der Waals surface area (Å²) >= 11 is 1.33. The fraction of sp³-hybridized carbons (Fsp3) is 0.542. The van der Waals surface area contributed by atoms with Gasteiger partial charge in [-0.25, -0.2) is 13.4 Å². The van der Waals surface area contributed by atoms with Gasteiger partial charge >= 0.3 is 0 Å². The number of carbonyl (C=O) groups excluding carboxylic acids is 2. The molecule has 1 aliphatic heterocycles. The lowest BCUT2D eigenvalue weighted by Gasteiger charge is -2.39. The van der Waals surface area contributed by atoms with Gasteiger partial charge in [-0.15, -0.1) is 11.3 Å². The fourth-order valence-corrected chi connectivity index (χ4v) is 7.12. The third-order valence-electron chi connectivity index (χ3n) is 6.68. The lowest BCUT2D eigenvalue weighted by molar-refractivity contribution is -0.142. The van der Waals surface area contributed by atoms with Gasteiger partial charge in [-0.05, 0) is 49.4 Å². The smallest absolute Gasteiger partial charge is 0.248 e. The Bertz CT molecular complexity index is 1110. The highest BCUT2D eigenvalue weighted by Gasteiger charge is 2.39. The zero-order valence-corrected chi connectivity index (χ0v) is 21.3. The fourth-order valence-electron chi connectivity index (χ4n) is 5.02. The van der Waals surface area contributed by atoms with E-state index >= 15 is 0 Å². The van der Waals surface area contributed by atoms with Gasteiger partial charge in [0.15, 0.2) is 5.13 Å². The second-order valence-electron chi connectivity index (χ2n) is 9.33. The highest BCUT2D eigenvalue weighted by atomic mass is 32.2. The van der Waals surface area contributed by atoms with Crippen molar-refractivity contribution in [2.24, 2.45) is 5.92 Å². The summed E-state index contributed by atoms with van der Waals surface area (Å²) in [6, 6.07) is 4.54. The lowest BCUT2D eigenvalue weighted by atomic mass is 9.84. The summed E-state index contributed by atoms with van der Waals surface area (Å²) in [5.74, 6) is -0.209. The van der Waals surface area contributed by atoms with Crippen molar-refractivity contribution in [3.05, 3.63) is 40.9 Å². The van der Waals surface area contributed by atoms with E-state index in [1.807, 2.05) is 19.9 Å². The van der Waals surface area contributed by atoms with Crippen molar-refractivity contribution >= 4 is 38.3 Å². The van der Waals surface area contributed by atoms with Crippen LogP contribution in [0.25, 0.3) is 0 Å². The number of thiazole rings is 1. The summed E-state index contributed by atoms with van der Waals surface area (Å²) in [4.78, 5) is 32.4. The van der Waals surface area contributed by atoms with E-state index in [-0.39, 0.29) is 36.3 Å². The van der Waals surface area contributed by atoms with Crippen molar-refractivity contribution < 1.29 is 18.0 Å². The molecule has 1 aliphatic carbocycles. The molecule has 0 radical (unpaired) electrons. The van der Waals surface area contributed by atoms with Gasteiger partial charge in [-0.2, -0.15) is 4.31 Å². The number of aryl methyl sites for hydroxylation is 2. The Labute approximate surface area is 205 Å². The van der Waals surface area contributed by atoms with Gasteiger partial charge in [0.2, 0.25) is 21.8 Å². The minimum Gasteiger partial charge on any atom is -0.328 e. The topological polar surface area (TPSA) is 99.7 Å². The van der Waals surface area contributed by atoms with Crippen molar-refractivity contribution in [2.75, 3.05) is 25.0 Å². The number of rotatable bonds is 7. The van der Waals surface area contributed by atoms with E-state index in [1.165, 1.54) is 22.1 Å². The van der Waals surface area contributed by atoms with Crippen LogP contribution < -0.4 is 5.32 Å². The van der Waals surface area contributed by atoms with Crippen LogP contribution in [0, 0.1) is 19.8 Å². The largest absolute Gasteiger partial charge is 0.328 e. The minimum absolute atomic E-state index is 0.159. The van der Waals surface area contributed by atoms with E-state index in [0.717, 1.165) is 36.8 Å². The highest BCUT2D eigenvalue weighted by Crippen LogP contribution is 2.30. The Morgan fingerprint density at radius 3 is 2.47 bits per heavy atom. The molecule has 2 heterocycles. The number of hydrogen-bond donors (Lipinski definition) is 1. The molecule has 8 nitrogen and oxygen atoms in total. The molecule has 1 aromatic heterocycles. The van der Waals surface area contributed by atoms with Gasteiger partial charge in [-0.1, -0.05) is 38.2 Å². The van der Waals surface area contributed by atoms with E-state index in [2.05, 4.69) is 10.3 Å². The molecule has 2 aliphatic rings. The first-order chi connectivity index (χ1) is 16.2. The highest BCUT2D eigenvalue weighted by molar-refractivity contribution is 7.89. The lowest BCUT2D eigenvalue weighted by Crippen LogP contribution is -2.58.